The zero-order valence-corrected chi connectivity index (χ0v) is 15.6. The summed E-state index contributed by atoms with van der Waals surface area (Å²) in [6, 6.07) is 8.39. The maximum absolute atomic E-state index is 12.5. The monoisotopic (exact) mass is 362 g/mol. The van der Waals surface area contributed by atoms with E-state index in [2.05, 4.69) is 17.4 Å². The van der Waals surface area contributed by atoms with Gasteiger partial charge in [0, 0.05) is 31.1 Å². The molecule has 25 heavy (non-hydrogen) atoms. The van der Waals surface area contributed by atoms with Crippen molar-refractivity contribution in [3.63, 3.8) is 0 Å². The summed E-state index contributed by atoms with van der Waals surface area (Å²) >= 11 is 6.06. The second-order valence-corrected chi connectivity index (χ2v) is 8.01. The first-order chi connectivity index (χ1) is 12.0. The highest BCUT2D eigenvalue weighted by molar-refractivity contribution is 6.30. The standard InChI is InChI=1S/C20H27ClN2O2/c1-23-13-16(7-10-19(23)24)20(25)22-18-8-5-14(6-9-18)11-15-3-2-4-17(21)12-15/h2-4,12,14,16,18H,5-11,13H2,1H3,(H,22,25). The van der Waals surface area contributed by atoms with Crippen LogP contribution < -0.4 is 5.32 Å². The number of likely N-dealkylation sites (tertiary alicyclic amines) is 1. The molecule has 1 aliphatic carbocycles. The molecule has 0 bridgehead atoms. The summed E-state index contributed by atoms with van der Waals surface area (Å²) in [6.07, 6.45) is 6.59. The summed E-state index contributed by atoms with van der Waals surface area (Å²) < 4.78 is 0. The lowest BCUT2D eigenvalue weighted by Gasteiger charge is -2.33. The molecule has 1 atom stereocenters. The van der Waals surface area contributed by atoms with E-state index in [1.165, 1.54) is 5.56 Å². The Morgan fingerprint density at radius 3 is 2.68 bits per heavy atom. The van der Waals surface area contributed by atoms with Crippen molar-refractivity contribution in [2.24, 2.45) is 11.8 Å². The molecule has 136 valence electrons. The van der Waals surface area contributed by atoms with Crippen molar-refractivity contribution in [1.82, 2.24) is 10.2 Å². The minimum atomic E-state index is -0.0492. The van der Waals surface area contributed by atoms with Gasteiger partial charge in [-0.25, -0.2) is 0 Å². The fraction of sp³-hybridized carbons (Fsp3) is 0.600. The Hall–Kier alpha value is -1.55. The SMILES string of the molecule is CN1CC(C(=O)NC2CCC(Cc3cccc(Cl)c3)CC2)CCC1=O. The van der Waals surface area contributed by atoms with E-state index >= 15 is 0 Å². The summed E-state index contributed by atoms with van der Waals surface area (Å²) in [7, 11) is 1.78. The van der Waals surface area contributed by atoms with Crippen molar-refractivity contribution in [3.8, 4) is 0 Å². The quantitative estimate of drug-likeness (QED) is 0.892. The first kappa shape index (κ1) is 18.2. The minimum Gasteiger partial charge on any atom is -0.353 e. The van der Waals surface area contributed by atoms with Crippen LogP contribution >= 0.6 is 11.6 Å². The van der Waals surface area contributed by atoms with Gasteiger partial charge in [0.25, 0.3) is 0 Å². The number of piperidine rings is 1. The van der Waals surface area contributed by atoms with Crippen LogP contribution in [-0.2, 0) is 16.0 Å². The van der Waals surface area contributed by atoms with Crippen LogP contribution in [0.15, 0.2) is 24.3 Å². The fourth-order valence-corrected chi connectivity index (χ4v) is 4.27. The largest absolute Gasteiger partial charge is 0.353 e. The van der Waals surface area contributed by atoms with Crippen LogP contribution in [0.25, 0.3) is 0 Å². The normalized spacial score (nSPS) is 27.2. The van der Waals surface area contributed by atoms with E-state index in [9.17, 15) is 9.59 Å². The summed E-state index contributed by atoms with van der Waals surface area (Å²) in [5.74, 6) is 0.889. The maximum Gasteiger partial charge on any atom is 0.225 e. The average Bonchev–Trinajstić information content (AvgIpc) is 2.59. The predicted octanol–water partition coefficient (Wildman–Crippen LogP) is 3.43. The molecule has 1 heterocycles. The zero-order chi connectivity index (χ0) is 17.8. The van der Waals surface area contributed by atoms with E-state index < -0.39 is 0 Å². The molecule has 1 N–H and O–H groups in total. The van der Waals surface area contributed by atoms with Crippen LogP contribution in [-0.4, -0.2) is 36.3 Å². The van der Waals surface area contributed by atoms with Gasteiger partial charge in [0.15, 0.2) is 0 Å². The summed E-state index contributed by atoms with van der Waals surface area (Å²) in [6.45, 7) is 0.550. The van der Waals surface area contributed by atoms with E-state index in [1.54, 1.807) is 11.9 Å². The Morgan fingerprint density at radius 1 is 1.24 bits per heavy atom. The van der Waals surface area contributed by atoms with E-state index in [1.807, 2.05) is 12.1 Å². The Balaban J connectivity index is 1.43. The molecule has 1 aromatic carbocycles. The maximum atomic E-state index is 12.5. The number of carbonyl (C=O) groups is 2. The third-order valence-electron chi connectivity index (χ3n) is 5.60. The van der Waals surface area contributed by atoms with Gasteiger partial charge in [-0.05, 0) is 62.1 Å². The molecule has 0 aromatic heterocycles. The van der Waals surface area contributed by atoms with Gasteiger partial charge >= 0.3 is 0 Å². The van der Waals surface area contributed by atoms with Crippen LogP contribution in [0.1, 0.15) is 44.1 Å². The third-order valence-corrected chi connectivity index (χ3v) is 5.84. The van der Waals surface area contributed by atoms with E-state index in [0.717, 1.165) is 37.1 Å². The first-order valence-corrected chi connectivity index (χ1v) is 9.68. The highest BCUT2D eigenvalue weighted by Crippen LogP contribution is 2.28. The van der Waals surface area contributed by atoms with E-state index in [4.69, 9.17) is 11.6 Å². The number of halogens is 1. The van der Waals surface area contributed by atoms with Gasteiger partial charge < -0.3 is 10.2 Å². The smallest absolute Gasteiger partial charge is 0.225 e. The molecule has 2 amide bonds. The molecule has 0 spiro atoms. The summed E-state index contributed by atoms with van der Waals surface area (Å²) in [5.41, 5.74) is 1.30. The molecule has 1 saturated heterocycles. The van der Waals surface area contributed by atoms with Crippen molar-refractivity contribution in [3.05, 3.63) is 34.9 Å². The highest BCUT2D eigenvalue weighted by atomic mass is 35.5. The lowest BCUT2D eigenvalue weighted by molar-refractivity contribution is -0.137. The van der Waals surface area contributed by atoms with Crippen molar-refractivity contribution >= 4 is 23.4 Å². The Labute approximate surface area is 154 Å². The predicted molar refractivity (Wildman–Crippen MR) is 99.4 cm³/mol. The Kier molecular flexibility index (Phi) is 6.00. The van der Waals surface area contributed by atoms with Crippen molar-refractivity contribution in [2.75, 3.05) is 13.6 Å². The molecule has 1 unspecified atom stereocenters. The zero-order valence-electron chi connectivity index (χ0n) is 14.8. The van der Waals surface area contributed by atoms with Crippen LogP contribution in [0.3, 0.4) is 0 Å². The molecular formula is C20H27ClN2O2. The summed E-state index contributed by atoms with van der Waals surface area (Å²) in [5, 5.41) is 4.02. The van der Waals surface area contributed by atoms with Gasteiger partial charge in [-0.2, -0.15) is 0 Å². The number of hydrogen-bond acceptors (Lipinski definition) is 2. The number of rotatable bonds is 4. The lowest BCUT2D eigenvalue weighted by Crippen LogP contribution is -2.47. The molecule has 2 aliphatic rings. The van der Waals surface area contributed by atoms with E-state index in [0.29, 0.717) is 25.3 Å². The molecule has 5 heteroatoms. The first-order valence-electron chi connectivity index (χ1n) is 9.30. The number of amides is 2. The molecular weight excluding hydrogens is 336 g/mol. The molecule has 1 saturated carbocycles. The van der Waals surface area contributed by atoms with Crippen LogP contribution in [0.4, 0.5) is 0 Å². The van der Waals surface area contributed by atoms with E-state index in [-0.39, 0.29) is 23.8 Å². The number of hydrogen-bond donors (Lipinski definition) is 1. The molecule has 4 nitrogen and oxygen atoms in total. The molecule has 2 fully saturated rings. The van der Waals surface area contributed by atoms with Gasteiger partial charge in [-0.15, -0.1) is 0 Å². The number of carbonyl (C=O) groups excluding carboxylic acids is 2. The highest BCUT2D eigenvalue weighted by Gasteiger charge is 2.30. The minimum absolute atomic E-state index is 0.0492. The molecule has 3 rings (SSSR count). The van der Waals surface area contributed by atoms with Gasteiger partial charge in [0.05, 0.1) is 5.92 Å². The average molecular weight is 363 g/mol. The lowest BCUT2D eigenvalue weighted by atomic mass is 9.82. The van der Waals surface area contributed by atoms with Crippen LogP contribution in [0.5, 0.6) is 0 Å². The summed E-state index contributed by atoms with van der Waals surface area (Å²) in [4.78, 5) is 25.7. The van der Waals surface area contributed by atoms with Crippen molar-refractivity contribution in [2.45, 2.75) is 51.0 Å². The third kappa shape index (κ3) is 4.97. The molecule has 1 aliphatic heterocycles. The number of nitrogens with one attached hydrogen (secondary N) is 1. The second-order valence-electron chi connectivity index (χ2n) is 7.57. The van der Waals surface area contributed by atoms with Gasteiger partial charge in [-0.3, -0.25) is 9.59 Å². The Bertz CT molecular complexity index is 626. The van der Waals surface area contributed by atoms with Gasteiger partial charge in [0.1, 0.15) is 0 Å². The van der Waals surface area contributed by atoms with Crippen molar-refractivity contribution in [1.29, 1.82) is 0 Å². The van der Waals surface area contributed by atoms with Crippen molar-refractivity contribution < 1.29 is 9.59 Å². The second kappa shape index (κ2) is 8.22. The Morgan fingerprint density at radius 2 is 2.00 bits per heavy atom. The topological polar surface area (TPSA) is 49.4 Å². The van der Waals surface area contributed by atoms with Crippen LogP contribution in [0, 0.1) is 11.8 Å². The molecule has 0 radical (unpaired) electrons. The molecule has 1 aromatic rings. The van der Waals surface area contributed by atoms with Gasteiger partial charge in [-0.1, -0.05) is 23.7 Å². The fourth-order valence-electron chi connectivity index (χ4n) is 4.05. The van der Waals surface area contributed by atoms with Crippen LogP contribution in [0.2, 0.25) is 5.02 Å². The van der Waals surface area contributed by atoms with Gasteiger partial charge in [0.2, 0.25) is 11.8 Å². The number of benzene rings is 1. The number of nitrogens with zero attached hydrogens (tertiary/aromatic N) is 1.